The Hall–Kier alpha value is -1.82. The lowest BCUT2D eigenvalue weighted by Crippen LogP contribution is -2.47. The van der Waals surface area contributed by atoms with Crippen LogP contribution < -0.4 is 10.6 Å². The summed E-state index contributed by atoms with van der Waals surface area (Å²) in [5.74, 6) is -0.656. The molecule has 2 N–H and O–H groups in total. The molecule has 5 nitrogen and oxygen atoms in total. The van der Waals surface area contributed by atoms with Gasteiger partial charge in [-0.15, -0.1) is 0 Å². The van der Waals surface area contributed by atoms with E-state index in [0.717, 1.165) is 12.8 Å². The average molecular weight is 328 g/mol. The van der Waals surface area contributed by atoms with Crippen molar-refractivity contribution in [2.45, 2.75) is 25.8 Å². The number of nitrogens with one attached hydrogen (secondary N) is 2. The molecular formula is C15H19ClFN3O2. The fourth-order valence-corrected chi connectivity index (χ4v) is 2.68. The minimum Gasteiger partial charge on any atom is -0.373 e. The first-order valence-corrected chi connectivity index (χ1v) is 7.58. The summed E-state index contributed by atoms with van der Waals surface area (Å²) in [6.07, 6.45) is 1.46. The molecule has 0 bridgehead atoms. The maximum Gasteiger partial charge on any atom is 0.239 e. The van der Waals surface area contributed by atoms with E-state index in [2.05, 4.69) is 10.6 Å². The highest BCUT2D eigenvalue weighted by Crippen LogP contribution is 2.24. The summed E-state index contributed by atoms with van der Waals surface area (Å²) in [6, 6.07) is 4.39. The third kappa shape index (κ3) is 4.34. The van der Waals surface area contributed by atoms with Crippen LogP contribution in [0.5, 0.6) is 0 Å². The standard InChI is InChI=1S/C15H19ClFN3O2/c1-10(21)20-7-5-11(6-8-20)19-14(22)9-18-15-12(16)3-2-4-13(15)17/h2-4,11,18H,5-9H2,1H3,(H,19,22). The van der Waals surface area contributed by atoms with Crippen LogP contribution in [0.4, 0.5) is 10.1 Å². The van der Waals surface area contributed by atoms with Crippen molar-refractivity contribution in [3.63, 3.8) is 0 Å². The van der Waals surface area contributed by atoms with Gasteiger partial charge in [-0.1, -0.05) is 17.7 Å². The summed E-state index contributed by atoms with van der Waals surface area (Å²) in [6.45, 7) is 2.79. The minimum atomic E-state index is -0.491. The molecule has 0 atom stereocenters. The number of hydrogen-bond acceptors (Lipinski definition) is 3. The van der Waals surface area contributed by atoms with E-state index in [4.69, 9.17) is 11.6 Å². The second kappa shape index (κ2) is 7.45. The van der Waals surface area contributed by atoms with Gasteiger partial charge in [-0.05, 0) is 25.0 Å². The zero-order chi connectivity index (χ0) is 16.1. The molecule has 0 saturated carbocycles. The number of para-hydroxylation sites is 1. The summed E-state index contributed by atoms with van der Waals surface area (Å²) >= 11 is 5.88. The van der Waals surface area contributed by atoms with Crippen molar-refractivity contribution in [3.05, 3.63) is 29.0 Å². The van der Waals surface area contributed by atoms with Crippen molar-refractivity contribution in [1.29, 1.82) is 0 Å². The molecule has 0 radical (unpaired) electrons. The van der Waals surface area contributed by atoms with E-state index in [1.165, 1.54) is 12.1 Å². The van der Waals surface area contributed by atoms with Gasteiger partial charge < -0.3 is 15.5 Å². The Bertz CT molecular complexity index is 539. The normalized spacial score (nSPS) is 15.5. The van der Waals surface area contributed by atoms with E-state index in [1.807, 2.05) is 0 Å². The first-order valence-electron chi connectivity index (χ1n) is 7.20. The maximum atomic E-state index is 13.6. The number of rotatable bonds is 4. The van der Waals surface area contributed by atoms with Gasteiger partial charge in [0.15, 0.2) is 0 Å². The molecule has 2 rings (SSSR count). The predicted molar refractivity (Wildman–Crippen MR) is 83.3 cm³/mol. The Labute approximate surface area is 133 Å². The number of benzene rings is 1. The lowest BCUT2D eigenvalue weighted by molar-refractivity contribution is -0.130. The van der Waals surface area contributed by atoms with Crippen LogP contribution in [0.25, 0.3) is 0 Å². The largest absolute Gasteiger partial charge is 0.373 e. The zero-order valence-electron chi connectivity index (χ0n) is 12.4. The van der Waals surface area contributed by atoms with Gasteiger partial charge in [-0.3, -0.25) is 9.59 Å². The topological polar surface area (TPSA) is 61.4 Å². The Balaban J connectivity index is 1.78. The number of piperidine rings is 1. The van der Waals surface area contributed by atoms with Gasteiger partial charge in [0.2, 0.25) is 11.8 Å². The first-order chi connectivity index (χ1) is 10.5. The third-order valence-corrected chi connectivity index (χ3v) is 4.01. The maximum absolute atomic E-state index is 13.6. The van der Waals surface area contributed by atoms with Gasteiger partial charge in [-0.2, -0.15) is 0 Å². The Kier molecular flexibility index (Phi) is 5.60. The van der Waals surface area contributed by atoms with E-state index >= 15 is 0 Å². The summed E-state index contributed by atoms with van der Waals surface area (Å²) in [5, 5.41) is 5.84. The molecule has 1 fully saturated rings. The molecule has 0 spiro atoms. The van der Waals surface area contributed by atoms with Crippen LogP contribution in [0.2, 0.25) is 5.02 Å². The number of halogens is 2. The van der Waals surface area contributed by atoms with Crippen LogP contribution in [-0.2, 0) is 9.59 Å². The van der Waals surface area contributed by atoms with Gasteiger partial charge >= 0.3 is 0 Å². The molecule has 1 aliphatic heterocycles. The molecular weight excluding hydrogens is 309 g/mol. The molecule has 0 unspecified atom stereocenters. The first kappa shape index (κ1) is 16.5. The van der Waals surface area contributed by atoms with E-state index in [1.54, 1.807) is 17.9 Å². The van der Waals surface area contributed by atoms with Gasteiger partial charge in [0.25, 0.3) is 0 Å². The number of nitrogens with zero attached hydrogens (tertiary/aromatic N) is 1. The molecule has 22 heavy (non-hydrogen) atoms. The number of amides is 2. The number of hydrogen-bond donors (Lipinski definition) is 2. The fourth-order valence-electron chi connectivity index (χ4n) is 2.45. The fraction of sp³-hybridized carbons (Fsp3) is 0.467. The zero-order valence-corrected chi connectivity index (χ0v) is 13.1. The van der Waals surface area contributed by atoms with Gasteiger partial charge in [0.1, 0.15) is 5.82 Å². The van der Waals surface area contributed by atoms with Crippen molar-refractivity contribution < 1.29 is 14.0 Å². The Morgan fingerprint density at radius 2 is 2.05 bits per heavy atom. The van der Waals surface area contributed by atoms with Gasteiger partial charge in [0, 0.05) is 26.1 Å². The van der Waals surface area contributed by atoms with E-state index in [9.17, 15) is 14.0 Å². The van der Waals surface area contributed by atoms with Crippen LogP contribution >= 0.6 is 11.6 Å². The van der Waals surface area contributed by atoms with Crippen LogP contribution in [0.15, 0.2) is 18.2 Å². The molecule has 0 aliphatic carbocycles. The van der Waals surface area contributed by atoms with Crippen LogP contribution in [0.1, 0.15) is 19.8 Å². The second-order valence-electron chi connectivity index (χ2n) is 5.30. The molecule has 2 amide bonds. The smallest absolute Gasteiger partial charge is 0.239 e. The molecule has 0 aromatic heterocycles. The van der Waals surface area contributed by atoms with Crippen molar-refractivity contribution in [3.8, 4) is 0 Å². The highest BCUT2D eigenvalue weighted by atomic mass is 35.5. The number of carbonyl (C=O) groups is 2. The van der Waals surface area contributed by atoms with Crippen molar-refractivity contribution >= 4 is 29.1 Å². The van der Waals surface area contributed by atoms with Crippen molar-refractivity contribution in [2.24, 2.45) is 0 Å². The predicted octanol–water partition coefficient (Wildman–Crippen LogP) is 2.02. The SMILES string of the molecule is CC(=O)N1CCC(NC(=O)CNc2c(F)cccc2Cl)CC1. The lowest BCUT2D eigenvalue weighted by atomic mass is 10.1. The van der Waals surface area contributed by atoms with E-state index in [-0.39, 0.29) is 35.1 Å². The van der Waals surface area contributed by atoms with E-state index < -0.39 is 5.82 Å². The molecule has 1 saturated heterocycles. The van der Waals surface area contributed by atoms with Gasteiger partial charge in [-0.25, -0.2) is 4.39 Å². The number of carbonyl (C=O) groups excluding carboxylic acids is 2. The Morgan fingerprint density at radius 3 is 2.64 bits per heavy atom. The van der Waals surface area contributed by atoms with Gasteiger partial charge in [0.05, 0.1) is 17.3 Å². The summed E-state index contributed by atoms with van der Waals surface area (Å²) in [7, 11) is 0. The number of likely N-dealkylation sites (tertiary alicyclic amines) is 1. The second-order valence-corrected chi connectivity index (χ2v) is 5.71. The van der Waals surface area contributed by atoms with Crippen molar-refractivity contribution in [2.75, 3.05) is 25.0 Å². The highest BCUT2D eigenvalue weighted by molar-refractivity contribution is 6.33. The van der Waals surface area contributed by atoms with Crippen LogP contribution in [0, 0.1) is 5.82 Å². The Morgan fingerprint density at radius 1 is 1.36 bits per heavy atom. The summed E-state index contributed by atoms with van der Waals surface area (Å²) in [4.78, 5) is 24.9. The van der Waals surface area contributed by atoms with Crippen LogP contribution in [-0.4, -0.2) is 42.4 Å². The highest BCUT2D eigenvalue weighted by Gasteiger charge is 2.21. The molecule has 120 valence electrons. The molecule has 1 aromatic rings. The summed E-state index contributed by atoms with van der Waals surface area (Å²) < 4.78 is 13.6. The monoisotopic (exact) mass is 327 g/mol. The number of anilines is 1. The minimum absolute atomic E-state index is 0.0426. The lowest BCUT2D eigenvalue weighted by Gasteiger charge is -2.31. The van der Waals surface area contributed by atoms with E-state index in [0.29, 0.717) is 13.1 Å². The molecule has 1 aromatic carbocycles. The summed E-state index contributed by atoms with van der Waals surface area (Å²) in [5.41, 5.74) is 0.130. The average Bonchev–Trinajstić information content (AvgIpc) is 2.47. The molecule has 7 heteroatoms. The molecule has 1 heterocycles. The quantitative estimate of drug-likeness (QED) is 0.889. The molecule has 1 aliphatic rings. The van der Waals surface area contributed by atoms with Crippen molar-refractivity contribution in [1.82, 2.24) is 10.2 Å². The third-order valence-electron chi connectivity index (χ3n) is 3.69. The van der Waals surface area contributed by atoms with Crippen LogP contribution in [0.3, 0.4) is 0 Å².